The Hall–Kier alpha value is -1.20. The number of fused-ring (bicyclic) bond motifs is 5. The molecule has 178 valence electrons. The van der Waals surface area contributed by atoms with Gasteiger partial charge < -0.3 is 18.9 Å². The predicted octanol–water partition coefficient (Wildman–Crippen LogP) is 5.75. The van der Waals surface area contributed by atoms with Crippen molar-refractivity contribution in [3.63, 3.8) is 0 Å². The number of benzene rings is 1. The minimum Gasteiger partial charge on any atom is -0.343 e. The molecule has 1 aromatic carbocycles. The number of allylic oxidation sites excluding steroid dienone is 2. The molecule has 0 bridgehead atoms. The van der Waals surface area contributed by atoms with Gasteiger partial charge in [0.1, 0.15) is 0 Å². The van der Waals surface area contributed by atoms with Crippen molar-refractivity contribution in [1.29, 1.82) is 0 Å². The first kappa shape index (κ1) is 21.1. The van der Waals surface area contributed by atoms with Crippen molar-refractivity contribution in [2.24, 2.45) is 29.1 Å². The summed E-state index contributed by atoms with van der Waals surface area (Å²) in [5, 5.41) is 0. The minimum absolute atomic E-state index is 0.134. The van der Waals surface area contributed by atoms with E-state index in [1.165, 1.54) is 43.2 Å². The van der Waals surface area contributed by atoms with Crippen molar-refractivity contribution < 1.29 is 18.9 Å². The SMILES string of the molecule is Cc1ccc([C@H]2C[C@@]3(C)[C@@H](CC45OCCOC43OCCO5)[C@@H]3CC=C4CCCC[C@@H]4[C@H]32)cc1. The fourth-order valence-electron chi connectivity index (χ4n) is 9.22. The van der Waals surface area contributed by atoms with Gasteiger partial charge in [0, 0.05) is 11.8 Å². The Bertz CT molecular complexity index is 939. The fraction of sp³-hybridized carbons (Fsp3) is 0.724. The Morgan fingerprint density at radius 2 is 1.58 bits per heavy atom. The quantitative estimate of drug-likeness (QED) is 0.511. The molecular weight excluding hydrogens is 412 g/mol. The first-order chi connectivity index (χ1) is 16.1. The lowest BCUT2D eigenvalue weighted by Crippen LogP contribution is -2.70. The molecule has 3 saturated carbocycles. The van der Waals surface area contributed by atoms with E-state index in [2.05, 4.69) is 44.2 Å². The maximum atomic E-state index is 6.66. The van der Waals surface area contributed by atoms with Gasteiger partial charge in [-0.25, -0.2) is 0 Å². The van der Waals surface area contributed by atoms with Gasteiger partial charge in [-0.2, -0.15) is 0 Å². The Morgan fingerprint density at radius 3 is 2.33 bits per heavy atom. The lowest BCUT2D eigenvalue weighted by atomic mass is 9.48. The molecule has 6 atom stereocenters. The summed E-state index contributed by atoms with van der Waals surface area (Å²) in [4.78, 5) is 0. The van der Waals surface area contributed by atoms with Crippen LogP contribution in [0, 0.1) is 36.0 Å². The van der Waals surface area contributed by atoms with Crippen LogP contribution in [0.1, 0.15) is 68.9 Å². The van der Waals surface area contributed by atoms with E-state index < -0.39 is 11.6 Å². The van der Waals surface area contributed by atoms with E-state index in [-0.39, 0.29) is 5.41 Å². The average Bonchev–Trinajstić information content (AvgIpc) is 3.10. The fourth-order valence-corrected chi connectivity index (χ4v) is 9.22. The van der Waals surface area contributed by atoms with Gasteiger partial charge in [0.25, 0.3) is 0 Å². The molecule has 4 heteroatoms. The summed E-state index contributed by atoms with van der Waals surface area (Å²) in [5.74, 6) is 1.53. The summed E-state index contributed by atoms with van der Waals surface area (Å²) in [5.41, 5.74) is 4.46. The standard InChI is InChI=1S/C29H38O4/c1-19-7-9-21(10-8-19)24-17-27(2)25(23-12-11-20-5-3-4-6-22(20)26(23)24)18-28-29(27,32-15-13-30-28)33-16-14-31-28/h7-11,22-26H,3-6,12-18H2,1-2H3/t22-,23-,24+,25-,26+,27-,28?,29?/m0/s1. The maximum Gasteiger partial charge on any atom is 0.229 e. The lowest BCUT2D eigenvalue weighted by molar-refractivity contribution is -0.474. The van der Waals surface area contributed by atoms with Crippen LogP contribution in [0.4, 0.5) is 0 Å². The zero-order valence-corrected chi connectivity index (χ0v) is 20.2. The van der Waals surface area contributed by atoms with Crippen LogP contribution in [0.5, 0.6) is 0 Å². The van der Waals surface area contributed by atoms with Crippen molar-refractivity contribution >= 4 is 0 Å². The number of rotatable bonds is 1. The number of ether oxygens (including phenoxy) is 4. The summed E-state index contributed by atoms with van der Waals surface area (Å²) in [6.45, 7) is 7.00. The molecule has 4 aliphatic carbocycles. The average molecular weight is 451 g/mol. The molecule has 4 nitrogen and oxygen atoms in total. The van der Waals surface area contributed by atoms with E-state index in [9.17, 15) is 0 Å². The first-order valence-electron chi connectivity index (χ1n) is 13.4. The van der Waals surface area contributed by atoms with E-state index in [1.54, 1.807) is 5.57 Å². The van der Waals surface area contributed by atoms with Gasteiger partial charge in [-0.1, -0.05) is 54.8 Å². The van der Waals surface area contributed by atoms with Crippen molar-refractivity contribution in [3.05, 3.63) is 47.0 Å². The Labute approximate surface area is 198 Å². The summed E-state index contributed by atoms with van der Waals surface area (Å²) < 4.78 is 26.3. The van der Waals surface area contributed by atoms with Crippen LogP contribution in [0.2, 0.25) is 0 Å². The van der Waals surface area contributed by atoms with E-state index >= 15 is 0 Å². The first-order valence-corrected chi connectivity index (χ1v) is 13.4. The predicted molar refractivity (Wildman–Crippen MR) is 126 cm³/mol. The molecule has 2 aliphatic heterocycles. The van der Waals surface area contributed by atoms with Gasteiger partial charge in [-0.05, 0) is 74.2 Å². The van der Waals surface area contributed by atoms with Gasteiger partial charge in [0.2, 0.25) is 11.6 Å². The molecule has 0 aromatic heterocycles. The van der Waals surface area contributed by atoms with E-state index in [4.69, 9.17) is 18.9 Å². The maximum absolute atomic E-state index is 6.66. The number of hydrogen-bond acceptors (Lipinski definition) is 4. The van der Waals surface area contributed by atoms with Crippen molar-refractivity contribution in [2.75, 3.05) is 26.4 Å². The van der Waals surface area contributed by atoms with Crippen LogP contribution < -0.4 is 0 Å². The van der Waals surface area contributed by atoms with E-state index in [1.807, 2.05) is 0 Å². The van der Waals surface area contributed by atoms with Crippen molar-refractivity contribution in [2.45, 2.75) is 76.3 Å². The normalized spacial score (nSPS) is 48.5. The highest BCUT2D eigenvalue weighted by atomic mass is 16.8. The highest BCUT2D eigenvalue weighted by molar-refractivity contribution is 5.32. The van der Waals surface area contributed by atoms with Gasteiger partial charge in [0.15, 0.2) is 0 Å². The van der Waals surface area contributed by atoms with Gasteiger partial charge in [0.05, 0.1) is 26.4 Å². The molecule has 2 saturated heterocycles. The Morgan fingerprint density at radius 1 is 0.848 bits per heavy atom. The third-order valence-corrected chi connectivity index (χ3v) is 10.5. The lowest BCUT2D eigenvalue weighted by Gasteiger charge is -2.60. The second-order valence-electron chi connectivity index (χ2n) is 11.8. The second kappa shape index (κ2) is 7.40. The van der Waals surface area contributed by atoms with Crippen LogP contribution in [0.25, 0.3) is 0 Å². The van der Waals surface area contributed by atoms with Gasteiger partial charge in [-0.15, -0.1) is 0 Å². The largest absolute Gasteiger partial charge is 0.343 e. The molecule has 5 fully saturated rings. The molecule has 0 radical (unpaired) electrons. The van der Waals surface area contributed by atoms with Crippen LogP contribution in [-0.2, 0) is 18.9 Å². The summed E-state index contributed by atoms with van der Waals surface area (Å²) in [6, 6.07) is 9.41. The molecule has 0 spiro atoms. The van der Waals surface area contributed by atoms with Crippen LogP contribution in [0.15, 0.2) is 35.9 Å². The van der Waals surface area contributed by atoms with Crippen LogP contribution in [0.3, 0.4) is 0 Å². The second-order valence-corrected chi connectivity index (χ2v) is 11.8. The van der Waals surface area contributed by atoms with Gasteiger partial charge >= 0.3 is 0 Å². The monoisotopic (exact) mass is 450 g/mol. The Balaban J connectivity index is 1.38. The van der Waals surface area contributed by atoms with E-state index in [0.29, 0.717) is 50.1 Å². The van der Waals surface area contributed by atoms with Crippen LogP contribution >= 0.6 is 0 Å². The molecule has 7 rings (SSSR count). The zero-order valence-electron chi connectivity index (χ0n) is 20.2. The summed E-state index contributed by atoms with van der Waals surface area (Å²) in [6.07, 6.45) is 11.2. The number of aryl methyl sites for hydroxylation is 1. The van der Waals surface area contributed by atoms with Gasteiger partial charge in [-0.3, -0.25) is 0 Å². The molecule has 0 unspecified atom stereocenters. The Kier molecular flexibility index (Phi) is 4.73. The third kappa shape index (κ3) is 2.73. The highest BCUT2D eigenvalue weighted by Gasteiger charge is 2.79. The zero-order chi connectivity index (χ0) is 22.3. The minimum atomic E-state index is -0.786. The van der Waals surface area contributed by atoms with Crippen LogP contribution in [-0.4, -0.2) is 38.0 Å². The molecule has 1 aromatic rings. The summed E-state index contributed by atoms with van der Waals surface area (Å²) in [7, 11) is 0. The van der Waals surface area contributed by atoms with Crippen molar-refractivity contribution in [3.8, 4) is 0 Å². The molecule has 2 heterocycles. The molecule has 6 aliphatic rings. The number of hydrogen-bond donors (Lipinski definition) is 0. The smallest absolute Gasteiger partial charge is 0.229 e. The topological polar surface area (TPSA) is 36.9 Å². The van der Waals surface area contributed by atoms with Crippen molar-refractivity contribution in [1.82, 2.24) is 0 Å². The molecule has 0 N–H and O–H groups in total. The third-order valence-electron chi connectivity index (χ3n) is 10.5. The molecule has 33 heavy (non-hydrogen) atoms. The highest BCUT2D eigenvalue weighted by Crippen LogP contribution is 2.72. The van der Waals surface area contributed by atoms with E-state index in [0.717, 1.165) is 18.8 Å². The summed E-state index contributed by atoms with van der Waals surface area (Å²) >= 11 is 0. The molecular formula is C29H38O4. The molecule has 0 amide bonds.